The molecule has 0 heterocycles. The summed E-state index contributed by atoms with van der Waals surface area (Å²) in [6.07, 6.45) is 8.59. The van der Waals surface area contributed by atoms with Gasteiger partial charge in [-0.15, -0.1) is 0 Å². The fraction of sp³-hybridized carbons (Fsp3) is 0.857. The van der Waals surface area contributed by atoms with Crippen LogP contribution in [0.4, 0.5) is 0 Å². The predicted octanol–water partition coefficient (Wildman–Crippen LogP) is 2.63. The van der Waals surface area contributed by atoms with Gasteiger partial charge in [0.25, 0.3) is 0 Å². The van der Waals surface area contributed by atoms with Gasteiger partial charge in [-0.2, -0.15) is 0 Å². The van der Waals surface area contributed by atoms with Crippen LogP contribution in [0.25, 0.3) is 0 Å². The molecule has 112 valence electrons. The quantitative estimate of drug-likeness (QED) is 0.177. The molecule has 0 rings (SSSR count). The van der Waals surface area contributed by atoms with Gasteiger partial charge in [0.2, 0.25) is 5.91 Å². The summed E-state index contributed by atoms with van der Waals surface area (Å²) in [5.74, 6) is -0.636. The molecule has 0 saturated carbocycles. The van der Waals surface area contributed by atoms with Crippen molar-refractivity contribution in [3.05, 3.63) is 0 Å². The lowest BCUT2D eigenvalue weighted by atomic mass is 10.0. The molecule has 0 aliphatic carbocycles. The van der Waals surface area contributed by atoms with E-state index in [4.69, 9.17) is 10.9 Å². The molecule has 0 fully saturated rings. The molecule has 0 aliphatic heterocycles. The molecule has 0 aromatic carbocycles. The second-order valence-corrected chi connectivity index (χ2v) is 4.92. The lowest BCUT2D eigenvalue weighted by Crippen LogP contribution is -2.39. The maximum absolute atomic E-state index is 11.9. The van der Waals surface area contributed by atoms with Gasteiger partial charge in [-0.3, -0.25) is 4.79 Å². The van der Waals surface area contributed by atoms with E-state index in [1.807, 2.05) is 6.92 Å². The molecule has 0 aromatic rings. The van der Waals surface area contributed by atoms with E-state index in [1.165, 1.54) is 25.7 Å². The van der Waals surface area contributed by atoms with Crippen molar-refractivity contribution in [2.24, 2.45) is 16.8 Å². The van der Waals surface area contributed by atoms with Gasteiger partial charge in [0, 0.05) is 6.54 Å². The number of amides is 1. The number of rotatable bonds is 11. The molecule has 0 saturated heterocycles. The molecule has 1 amide bonds. The van der Waals surface area contributed by atoms with Crippen molar-refractivity contribution in [3.63, 3.8) is 0 Å². The highest BCUT2D eigenvalue weighted by Crippen LogP contribution is 2.08. The van der Waals surface area contributed by atoms with E-state index >= 15 is 0 Å². The summed E-state index contributed by atoms with van der Waals surface area (Å²) >= 11 is 0. The standard InChI is InChI=1S/C14H29N3O2/c1-3-5-6-7-8-9-11-16-14(18)12(10-4-2)13(15)17-19/h12,19H,3-11H2,1-2H3,(H2,15,17)(H,16,18). The largest absolute Gasteiger partial charge is 0.409 e. The monoisotopic (exact) mass is 271 g/mol. The Kier molecular flexibility index (Phi) is 11.0. The van der Waals surface area contributed by atoms with Crippen molar-refractivity contribution in [3.8, 4) is 0 Å². The summed E-state index contributed by atoms with van der Waals surface area (Å²) in [6, 6.07) is 0. The first-order valence-corrected chi connectivity index (χ1v) is 7.42. The van der Waals surface area contributed by atoms with Crippen LogP contribution in [0.5, 0.6) is 0 Å². The molecule has 4 N–H and O–H groups in total. The average Bonchev–Trinajstić information content (AvgIpc) is 2.42. The molecule has 1 unspecified atom stereocenters. The van der Waals surface area contributed by atoms with Crippen LogP contribution >= 0.6 is 0 Å². The van der Waals surface area contributed by atoms with Gasteiger partial charge in [-0.25, -0.2) is 0 Å². The molecule has 0 aromatic heterocycles. The Morgan fingerprint density at radius 2 is 1.79 bits per heavy atom. The number of carbonyl (C=O) groups excluding carboxylic acids is 1. The van der Waals surface area contributed by atoms with Gasteiger partial charge < -0.3 is 16.3 Å². The zero-order valence-corrected chi connectivity index (χ0v) is 12.3. The summed E-state index contributed by atoms with van der Waals surface area (Å²) in [5, 5.41) is 14.5. The fourth-order valence-corrected chi connectivity index (χ4v) is 2.01. The van der Waals surface area contributed by atoms with Gasteiger partial charge in [-0.05, 0) is 12.8 Å². The van der Waals surface area contributed by atoms with E-state index in [9.17, 15) is 4.79 Å². The van der Waals surface area contributed by atoms with Gasteiger partial charge in [0.15, 0.2) is 5.84 Å². The Balaban J connectivity index is 3.81. The Labute approximate surface area is 116 Å². The second kappa shape index (κ2) is 11.8. The number of hydrogen-bond donors (Lipinski definition) is 3. The Morgan fingerprint density at radius 1 is 1.16 bits per heavy atom. The van der Waals surface area contributed by atoms with Crippen molar-refractivity contribution < 1.29 is 10.0 Å². The second-order valence-electron chi connectivity index (χ2n) is 4.92. The third-order valence-corrected chi connectivity index (χ3v) is 3.20. The number of amidine groups is 1. The fourth-order valence-electron chi connectivity index (χ4n) is 2.01. The summed E-state index contributed by atoms with van der Waals surface area (Å²) < 4.78 is 0. The first kappa shape index (κ1) is 17.7. The maximum atomic E-state index is 11.9. The van der Waals surface area contributed by atoms with Gasteiger partial charge in [0.1, 0.15) is 0 Å². The van der Waals surface area contributed by atoms with E-state index in [0.717, 1.165) is 19.3 Å². The molecule has 5 heteroatoms. The highest BCUT2D eigenvalue weighted by Gasteiger charge is 2.21. The number of nitrogens with zero attached hydrogens (tertiary/aromatic N) is 1. The SMILES string of the molecule is CCCCCCCCNC(=O)C(CCC)C(N)=NO. The van der Waals surface area contributed by atoms with E-state index in [-0.39, 0.29) is 11.7 Å². The predicted molar refractivity (Wildman–Crippen MR) is 78.2 cm³/mol. The average molecular weight is 271 g/mol. The highest BCUT2D eigenvalue weighted by molar-refractivity contribution is 6.01. The van der Waals surface area contributed by atoms with Crippen LogP contribution < -0.4 is 11.1 Å². The molecule has 5 nitrogen and oxygen atoms in total. The number of hydrogen-bond acceptors (Lipinski definition) is 3. The summed E-state index contributed by atoms with van der Waals surface area (Å²) in [4.78, 5) is 11.9. The van der Waals surface area contributed by atoms with Crippen LogP contribution in [0, 0.1) is 5.92 Å². The van der Waals surface area contributed by atoms with Gasteiger partial charge in [-0.1, -0.05) is 57.5 Å². The van der Waals surface area contributed by atoms with Crippen molar-refractivity contribution in [2.75, 3.05) is 6.54 Å². The number of unbranched alkanes of at least 4 members (excludes halogenated alkanes) is 5. The minimum Gasteiger partial charge on any atom is -0.409 e. The lowest BCUT2D eigenvalue weighted by Gasteiger charge is -2.14. The third kappa shape index (κ3) is 8.46. The summed E-state index contributed by atoms with van der Waals surface area (Å²) in [7, 11) is 0. The number of oxime groups is 1. The topological polar surface area (TPSA) is 87.7 Å². The molecular formula is C14H29N3O2. The Morgan fingerprint density at radius 3 is 2.37 bits per heavy atom. The van der Waals surface area contributed by atoms with E-state index in [0.29, 0.717) is 13.0 Å². The maximum Gasteiger partial charge on any atom is 0.230 e. The molecule has 0 spiro atoms. The highest BCUT2D eigenvalue weighted by atomic mass is 16.4. The van der Waals surface area contributed by atoms with Crippen LogP contribution in [0.1, 0.15) is 65.2 Å². The molecule has 0 bridgehead atoms. The summed E-state index contributed by atoms with van der Waals surface area (Å²) in [6.45, 7) is 4.84. The van der Waals surface area contributed by atoms with Gasteiger partial charge in [0.05, 0.1) is 5.92 Å². The third-order valence-electron chi connectivity index (χ3n) is 3.20. The normalized spacial score (nSPS) is 13.3. The first-order chi connectivity index (χ1) is 9.17. The first-order valence-electron chi connectivity index (χ1n) is 7.42. The van der Waals surface area contributed by atoms with Crippen LogP contribution in [-0.2, 0) is 4.79 Å². The van der Waals surface area contributed by atoms with Crippen molar-refractivity contribution in [1.29, 1.82) is 0 Å². The smallest absolute Gasteiger partial charge is 0.230 e. The molecule has 0 radical (unpaired) electrons. The van der Waals surface area contributed by atoms with E-state index < -0.39 is 5.92 Å². The van der Waals surface area contributed by atoms with E-state index in [1.54, 1.807) is 0 Å². The van der Waals surface area contributed by atoms with Crippen LogP contribution in [0.2, 0.25) is 0 Å². The number of carbonyl (C=O) groups is 1. The summed E-state index contributed by atoms with van der Waals surface area (Å²) in [5.41, 5.74) is 5.53. The van der Waals surface area contributed by atoms with Gasteiger partial charge >= 0.3 is 0 Å². The number of nitrogens with two attached hydrogens (primary N) is 1. The minimum atomic E-state index is -0.505. The van der Waals surface area contributed by atoms with Crippen LogP contribution in [0.15, 0.2) is 5.16 Å². The van der Waals surface area contributed by atoms with Crippen molar-refractivity contribution in [1.82, 2.24) is 5.32 Å². The molecule has 0 aliphatic rings. The Hall–Kier alpha value is -1.26. The zero-order valence-electron chi connectivity index (χ0n) is 12.3. The zero-order chi connectivity index (χ0) is 14.5. The molecular weight excluding hydrogens is 242 g/mol. The van der Waals surface area contributed by atoms with Crippen LogP contribution in [-0.4, -0.2) is 23.5 Å². The lowest BCUT2D eigenvalue weighted by molar-refractivity contribution is -0.123. The number of nitrogens with one attached hydrogen (secondary N) is 1. The van der Waals surface area contributed by atoms with Crippen LogP contribution in [0.3, 0.4) is 0 Å². The Bertz CT molecular complexity index is 267. The van der Waals surface area contributed by atoms with E-state index in [2.05, 4.69) is 17.4 Å². The molecule has 19 heavy (non-hydrogen) atoms. The minimum absolute atomic E-state index is 0.00213. The van der Waals surface area contributed by atoms with Crippen molar-refractivity contribution >= 4 is 11.7 Å². The van der Waals surface area contributed by atoms with Crippen molar-refractivity contribution in [2.45, 2.75) is 65.2 Å². The molecule has 1 atom stereocenters.